The van der Waals surface area contributed by atoms with E-state index >= 15 is 0 Å². The molecule has 4 aromatic rings. The zero-order valence-corrected chi connectivity index (χ0v) is 17.9. The van der Waals surface area contributed by atoms with E-state index in [4.69, 9.17) is 9.97 Å². The van der Waals surface area contributed by atoms with Crippen molar-refractivity contribution in [1.29, 1.82) is 0 Å². The molecule has 9 heteroatoms. The lowest BCUT2D eigenvalue weighted by Gasteiger charge is -2.26. The van der Waals surface area contributed by atoms with Crippen LogP contribution in [0, 0.1) is 6.92 Å². The van der Waals surface area contributed by atoms with Crippen LogP contribution in [0.4, 0.5) is 5.95 Å². The summed E-state index contributed by atoms with van der Waals surface area (Å²) in [6.07, 6.45) is 5.27. The molecule has 1 fully saturated rings. The van der Waals surface area contributed by atoms with Crippen LogP contribution < -0.4 is 16.2 Å². The average molecular weight is 419 g/mol. The molecule has 0 radical (unpaired) electrons. The lowest BCUT2D eigenvalue weighted by molar-refractivity contribution is 0.367. The number of aromatic nitrogens is 6. The second kappa shape index (κ2) is 7.73. The molecule has 0 amide bonds. The third kappa shape index (κ3) is 3.54. The summed E-state index contributed by atoms with van der Waals surface area (Å²) >= 11 is 0. The number of hydrogen-bond acceptors (Lipinski definition) is 7. The summed E-state index contributed by atoms with van der Waals surface area (Å²) in [6, 6.07) is 4.13. The van der Waals surface area contributed by atoms with E-state index in [0.717, 1.165) is 42.7 Å². The molecule has 3 N–H and O–H groups in total. The Morgan fingerprint density at radius 2 is 2.00 bits per heavy atom. The van der Waals surface area contributed by atoms with Crippen LogP contribution in [-0.4, -0.2) is 48.6 Å². The highest BCUT2D eigenvalue weighted by Gasteiger charge is 2.24. The van der Waals surface area contributed by atoms with Crippen molar-refractivity contribution >= 4 is 28.1 Å². The van der Waals surface area contributed by atoms with Crippen molar-refractivity contribution in [3.63, 3.8) is 0 Å². The van der Waals surface area contributed by atoms with Crippen molar-refractivity contribution in [2.45, 2.75) is 45.7 Å². The van der Waals surface area contributed by atoms with Gasteiger partial charge in [-0.2, -0.15) is 4.98 Å². The number of anilines is 1. The van der Waals surface area contributed by atoms with Gasteiger partial charge in [0, 0.05) is 35.4 Å². The molecule has 0 atom stereocenters. The number of nitrogens with zero attached hydrogens (tertiary/aromatic N) is 5. The first-order chi connectivity index (χ1) is 15.0. The first kappa shape index (κ1) is 19.6. The van der Waals surface area contributed by atoms with Gasteiger partial charge in [0.25, 0.3) is 5.56 Å². The van der Waals surface area contributed by atoms with Crippen LogP contribution in [-0.2, 0) is 0 Å². The fraction of sp³-hybridized carbons (Fsp3) is 0.409. The maximum atomic E-state index is 13.8. The van der Waals surface area contributed by atoms with E-state index in [1.165, 1.54) is 0 Å². The Morgan fingerprint density at radius 3 is 2.77 bits per heavy atom. The van der Waals surface area contributed by atoms with Gasteiger partial charge in [0.15, 0.2) is 5.65 Å². The molecule has 1 aliphatic rings. The molecular weight excluding hydrogens is 392 g/mol. The van der Waals surface area contributed by atoms with Crippen molar-refractivity contribution in [3.05, 3.63) is 40.6 Å². The maximum Gasteiger partial charge on any atom is 0.279 e. The van der Waals surface area contributed by atoms with Crippen LogP contribution in [0.2, 0.25) is 0 Å². The van der Waals surface area contributed by atoms with Gasteiger partial charge in [-0.15, -0.1) is 0 Å². The number of fused-ring (bicyclic) bond motifs is 2. The highest BCUT2D eigenvalue weighted by Crippen LogP contribution is 2.26. The summed E-state index contributed by atoms with van der Waals surface area (Å²) in [5.41, 5.74) is 3.72. The fourth-order valence-electron chi connectivity index (χ4n) is 4.20. The predicted octanol–water partition coefficient (Wildman–Crippen LogP) is 2.78. The Morgan fingerprint density at radius 1 is 1.19 bits per heavy atom. The number of hydrogen-bond donors (Lipinski definition) is 3. The number of pyridine rings is 1. The maximum absolute atomic E-state index is 13.8. The summed E-state index contributed by atoms with van der Waals surface area (Å²) in [5.74, 6) is 0.520. The van der Waals surface area contributed by atoms with Crippen molar-refractivity contribution in [2.24, 2.45) is 0 Å². The van der Waals surface area contributed by atoms with Crippen molar-refractivity contribution in [3.8, 4) is 11.3 Å². The minimum atomic E-state index is -0.135. The number of rotatable bonds is 4. The van der Waals surface area contributed by atoms with Crippen molar-refractivity contribution < 1.29 is 0 Å². The SMILES string of the molecule is Cc1nc(NC(C)C)nc2c1nc(-c1cnc3[nH]ccc3c1)c(=O)n2C1CCNCC1. The Bertz CT molecular complexity index is 1320. The molecule has 160 valence electrons. The monoisotopic (exact) mass is 418 g/mol. The predicted molar refractivity (Wildman–Crippen MR) is 121 cm³/mol. The number of piperidine rings is 1. The molecule has 0 spiro atoms. The van der Waals surface area contributed by atoms with Gasteiger partial charge in [-0.3, -0.25) is 9.36 Å². The molecule has 0 unspecified atom stereocenters. The Balaban J connectivity index is 1.78. The van der Waals surface area contributed by atoms with Crippen molar-refractivity contribution in [2.75, 3.05) is 18.4 Å². The highest BCUT2D eigenvalue weighted by atomic mass is 16.1. The molecule has 9 nitrogen and oxygen atoms in total. The largest absolute Gasteiger partial charge is 0.352 e. The molecule has 1 aliphatic heterocycles. The van der Waals surface area contributed by atoms with Gasteiger partial charge in [0.2, 0.25) is 5.95 Å². The standard InChI is InChI=1S/C22H26N8O/c1-12(2)26-22-27-13(3)17-20(29-22)30(16-5-7-23-8-6-16)21(31)18(28-17)15-10-14-4-9-24-19(14)25-11-15/h4,9-12,16,23H,5-8H2,1-3H3,(H,24,25)(H,26,27,29). The number of H-pyrrole nitrogens is 1. The second-order valence-electron chi connectivity index (χ2n) is 8.36. The zero-order valence-electron chi connectivity index (χ0n) is 17.9. The van der Waals surface area contributed by atoms with Gasteiger partial charge < -0.3 is 15.6 Å². The Labute approximate surface area is 179 Å². The quantitative estimate of drug-likeness (QED) is 0.467. The number of nitrogens with one attached hydrogen (secondary N) is 3. The highest BCUT2D eigenvalue weighted by molar-refractivity contribution is 5.82. The van der Waals surface area contributed by atoms with Gasteiger partial charge >= 0.3 is 0 Å². The molecule has 0 aliphatic carbocycles. The van der Waals surface area contributed by atoms with E-state index in [1.807, 2.05) is 43.7 Å². The molecule has 31 heavy (non-hydrogen) atoms. The fourth-order valence-corrected chi connectivity index (χ4v) is 4.20. The molecule has 4 aromatic heterocycles. The Hall–Kier alpha value is -3.33. The van der Waals surface area contributed by atoms with Gasteiger partial charge in [-0.1, -0.05) is 0 Å². The molecule has 5 rings (SSSR count). The first-order valence-corrected chi connectivity index (χ1v) is 10.7. The minimum absolute atomic E-state index is 0.0585. The van der Waals surface area contributed by atoms with Gasteiger partial charge in [0.05, 0.1) is 5.69 Å². The van der Waals surface area contributed by atoms with Crippen LogP contribution in [0.1, 0.15) is 38.4 Å². The van der Waals surface area contributed by atoms with Crippen molar-refractivity contribution in [1.82, 2.24) is 34.8 Å². The third-order valence-corrected chi connectivity index (χ3v) is 5.68. The summed E-state index contributed by atoms with van der Waals surface area (Å²) in [4.78, 5) is 35.4. The van der Waals surface area contributed by atoms with Crippen LogP contribution >= 0.6 is 0 Å². The van der Waals surface area contributed by atoms with E-state index in [2.05, 4.69) is 25.6 Å². The molecule has 0 bridgehead atoms. The topological polar surface area (TPSA) is 113 Å². The van der Waals surface area contributed by atoms with Gasteiger partial charge in [-0.25, -0.2) is 15.0 Å². The summed E-state index contributed by atoms with van der Waals surface area (Å²) in [7, 11) is 0. The van der Waals surface area contributed by atoms with E-state index in [-0.39, 0.29) is 17.6 Å². The van der Waals surface area contributed by atoms with E-state index in [0.29, 0.717) is 28.4 Å². The molecule has 1 saturated heterocycles. The van der Waals surface area contributed by atoms with Gasteiger partial charge in [0.1, 0.15) is 16.9 Å². The van der Waals surface area contributed by atoms with Crippen LogP contribution in [0.5, 0.6) is 0 Å². The molecule has 0 saturated carbocycles. The normalized spacial score (nSPS) is 15.2. The molecular formula is C22H26N8O. The molecule has 5 heterocycles. The van der Waals surface area contributed by atoms with E-state index < -0.39 is 0 Å². The second-order valence-corrected chi connectivity index (χ2v) is 8.36. The lowest BCUT2D eigenvalue weighted by Crippen LogP contribution is -2.36. The van der Waals surface area contributed by atoms with Crippen LogP contribution in [0.15, 0.2) is 29.3 Å². The zero-order chi connectivity index (χ0) is 21.5. The summed E-state index contributed by atoms with van der Waals surface area (Å²) in [5, 5.41) is 7.58. The average Bonchev–Trinajstić information content (AvgIpc) is 3.21. The Kier molecular flexibility index (Phi) is 4.90. The minimum Gasteiger partial charge on any atom is -0.352 e. The first-order valence-electron chi connectivity index (χ1n) is 10.7. The van der Waals surface area contributed by atoms with Gasteiger partial charge in [-0.05, 0) is 58.8 Å². The summed E-state index contributed by atoms with van der Waals surface area (Å²) in [6.45, 7) is 7.72. The third-order valence-electron chi connectivity index (χ3n) is 5.68. The van der Waals surface area contributed by atoms with E-state index in [1.54, 1.807) is 6.20 Å². The lowest BCUT2D eigenvalue weighted by atomic mass is 10.1. The number of aryl methyl sites for hydroxylation is 1. The molecule has 0 aromatic carbocycles. The van der Waals surface area contributed by atoms with Crippen LogP contribution in [0.3, 0.4) is 0 Å². The summed E-state index contributed by atoms with van der Waals surface area (Å²) < 4.78 is 1.83. The van der Waals surface area contributed by atoms with Crippen LogP contribution in [0.25, 0.3) is 33.5 Å². The number of aromatic amines is 1. The van der Waals surface area contributed by atoms with E-state index in [9.17, 15) is 4.79 Å². The smallest absolute Gasteiger partial charge is 0.279 e.